The number of β-lactam (4-membered cyclic amide) rings is 1. The van der Waals surface area contributed by atoms with Gasteiger partial charge in [0.05, 0.1) is 13.7 Å². The summed E-state index contributed by atoms with van der Waals surface area (Å²) in [5.41, 5.74) is 0.809. The molecule has 2 amide bonds. The van der Waals surface area contributed by atoms with Crippen molar-refractivity contribution in [2.45, 2.75) is 35.1 Å². The molecule has 0 aliphatic carbocycles. The Morgan fingerprint density at radius 3 is 2.77 bits per heavy atom. The first-order valence-corrected chi connectivity index (χ1v) is 9.37. The van der Waals surface area contributed by atoms with E-state index >= 15 is 0 Å². The average molecular weight is 399 g/mol. The van der Waals surface area contributed by atoms with Crippen molar-refractivity contribution >= 4 is 41.6 Å². The highest BCUT2D eigenvalue weighted by Crippen LogP contribution is 2.46. The molecule has 2 aliphatic heterocycles. The van der Waals surface area contributed by atoms with Gasteiger partial charge in [-0.1, -0.05) is 19.1 Å². The van der Waals surface area contributed by atoms with Gasteiger partial charge in [0.15, 0.2) is 4.87 Å². The van der Waals surface area contributed by atoms with E-state index in [1.807, 2.05) is 6.92 Å². The van der Waals surface area contributed by atoms with E-state index in [0.717, 1.165) is 5.56 Å². The van der Waals surface area contributed by atoms with Gasteiger partial charge in [-0.25, -0.2) is 0 Å². The van der Waals surface area contributed by atoms with Crippen LogP contribution in [-0.4, -0.2) is 58.4 Å². The minimum Gasteiger partial charge on any atom is -0.497 e. The van der Waals surface area contributed by atoms with Crippen LogP contribution in [-0.2, 0) is 25.7 Å². The van der Waals surface area contributed by atoms with Crippen molar-refractivity contribution in [3.05, 3.63) is 29.8 Å². The Labute approximate surface area is 160 Å². The lowest BCUT2D eigenvalue weighted by Crippen LogP contribution is -2.74. The number of amides is 2. The third kappa shape index (κ3) is 3.23. The highest BCUT2D eigenvalue weighted by molar-refractivity contribution is 8.00. The maximum atomic E-state index is 12.6. The van der Waals surface area contributed by atoms with Gasteiger partial charge in [-0.15, -0.1) is 23.4 Å². The number of fused-ring (bicyclic) bond motifs is 1. The number of nitrogens with zero attached hydrogens (tertiary/aromatic N) is 1. The van der Waals surface area contributed by atoms with E-state index in [9.17, 15) is 14.4 Å². The van der Waals surface area contributed by atoms with Crippen LogP contribution in [0.3, 0.4) is 0 Å². The van der Waals surface area contributed by atoms with Crippen molar-refractivity contribution in [3.63, 3.8) is 0 Å². The molecule has 2 aliphatic rings. The van der Waals surface area contributed by atoms with Crippen molar-refractivity contribution in [2.24, 2.45) is 0 Å². The number of alkyl halides is 1. The van der Waals surface area contributed by atoms with Gasteiger partial charge in [0.25, 0.3) is 0 Å². The van der Waals surface area contributed by atoms with Crippen LogP contribution in [0.1, 0.15) is 12.5 Å². The smallest absolute Gasteiger partial charge is 0.330 e. The Hall–Kier alpha value is -1.93. The largest absolute Gasteiger partial charge is 0.497 e. The van der Waals surface area contributed by atoms with Crippen LogP contribution < -0.4 is 10.1 Å². The summed E-state index contributed by atoms with van der Waals surface area (Å²) < 4.78 is 10.5. The number of ether oxygens (including phenoxy) is 2. The summed E-state index contributed by atoms with van der Waals surface area (Å²) >= 11 is 7.96. The fourth-order valence-electron chi connectivity index (χ4n) is 2.99. The van der Waals surface area contributed by atoms with Gasteiger partial charge < -0.3 is 19.7 Å². The molecule has 0 radical (unpaired) electrons. The number of methoxy groups -OCH3 is 1. The minimum absolute atomic E-state index is 0.0602. The van der Waals surface area contributed by atoms with Gasteiger partial charge >= 0.3 is 5.97 Å². The Morgan fingerprint density at radius 1 is 1.46 bits per heavy atom. The maximum absolute atomic E-state index is 12.6. The number of hydrogen-bond acceptors (Lipinski definition) is 6. The van der Waals surface area contributed by atoms with E-state index in [1.165, 1.54) is 16.7 Å². The molecule has 2 fully saturated rings. The highest BCUT2D eigenvalue weighted by atomic mass is 35.5. The molecule has 0 spiro atoms. The summed E-state index contributed by atoms with van der Waals surface area (Å²) in [5, 5.41) is 2.02. The quantitative estimate of drug-likeness (QED) is 0.335. The summed E-state index contributed by atoms with van der Waals surface area (Å²) in [6.45, 7) is 1.97. The Balaban J connectivity index is 1.63. The predicted molar refractivity (Wildman–Crippen MR) is 96.9 cm³/mol. The standard InChI is InChI=1S/C17H19ClN2O5S/c1-10-17(18,8-20-14(22)13(19-9-21)15(20)26-10)16(23)25-7-11-3-5-12(24-2)6-4-11/h3-6,9-10,13,15H,7-8H2,1-2H3,(H,19,21)/t10?,13?,15-,17?/m1/s1. The highest BCUT2D eigenvalue weighted by Gasteiger charge is 2.60. The lowest BCUT2D eigenvalue weighted by Gasteiger charge is -2.54. The third-order valence-corrected chi connectivity index (χ3v) is 6.99. The van der Waals surface area contributed by atoms with Crippen molar-refractivity contribution < 1.29 is 23.9 Å². The molecule has 1 aromatic carbocycles. The van der Waals surface area contributed by atoms with Gasteiger partial charge in [0.1, 0.15) is 23.8 Å². The van der Waals surface area contributed by atoms with Crippen LogP contribution in [0.5, 0.6) is 5.75 Å². The van der Waals surface area contributed by atoms with Gasteiger partial charge in [-0.05, 0) is 17.7 Å². The zero-order valence-corrected chi connectivity index (χ0v) is 15.9. The molecule has 4 atom stereocenters. The first-order chi connectivity index (χ1) is 12.4. The fourth-order valence-corrected chi connectivity index (χ4v) is 4.81. The van der Waals surface area contributed by atoms with Gasteiger partial charge in [-0.2, -0.15) is 0 Å². The molecule has 1 N–H and O–H groups in total. The molecular weight excluding hydrogens is 380 g/mol. The number of thioether (sulfide) groups is 1. The number of rotatable bonds is 6. The Kier molecular flexibility index (Phi) is 5.34. The third-order valence-electron chi connectivity index (χ3n) is 4.65. The van der Waals surface area contributed by atoms with E-state index in [-0.39, 0.29) is 29.7 Å². The van der Waals surface area contributed by atoms with Crippen molar-refractivity contribution in [3.8, 4) is 5.75 Å². The zero-order valence-electron chi connectivity index (χ0n) is 14.3. The second kappa shape index (κ2) is 7.36. The SMILES string of the molecule is COc1ccc(COC(=O)C2(Cl)CN3C(=O)C(NC=O)[C@H]3SC2C)cc1. The Morgan fingerprint density at radius 2 is 2.15 bits per heavy atom. The van der Waals surface area contributed by atoms with Crippen LogP contribution in [0.25, 0.3) is 0 Å². The molecule has 3 unspecified atom stereocenters. The topological polar surface area (TPSA) is 84.9 Å². The molecule has 9 heteroatoms. The number of carbonyl (C=O) groups excluding carboxylic acids is 3. The van der Waals surface area contributed by atoms with E-state index in [4.69, 9.17) is 21.1 Å². The van der Waals surface area contributed by atoms with Crippen LogP contribution in [0.2, 0.25) is 0 Å². The Bertz CT molecular complexity index is 716. The van der Waals surface area contributed by atoms with E-state index in [1.54, 1.807) is 31.4 Å². The normalized spacial score (nSPS) is 30.0. The second-order valence-corrected chi connectivity index (χ2v) is 8.32. The van der Waals surface area contributed by atoms with Crippen LogP contribution in [0.4, 0.5) is 0 Å². The molecule has 2 saturated heterocycles. The summed E-state index contributed by atoms with van der Waals surface area (Å²) in [5.74, 6) is -0.0884. The molecule has 0 saturated carbocycles. The number of halogens is 1. The average Bonchev–Trinajstić information content (AvgIpc) is 2.66. The first kappa shape index (κ1) is 18.8. The van der Waals surface area contributed by atoms with Gasteiger partial charge in [0, 0.05) is 5.25 Å². The molecule has 2 heterocycles. The number of carbonyl (C=O) groups is 3. The lowest BCUT2D eigenvalue weighted by molar-refractivity contribution is -0.155. The molecule has 0 aromatic heterocycles. The van der Waals surface area contributed by atoms with E-state index < -0.39 is 16.9 Å². The second-order valence-electron chi connectivity index (χ2n) is 6.18. The molecule has 1 aromatic rings. The molecule has 0 bridgehead atoms. The summed E-state index contributed by atoms with van der Waals surface area (Å²) in [6.07, 6.45) is 0.511. The van der Waals surface area contributed by atoms with Crippen LogP contribution in [0.15, 0.2) is 24.3 Å². The molecular formula is C17H19ClN2O5S. The minimum atomic E-state index is -1.32. The van der Waals surface area contributed by atoms with E-state index in [2.05, 4.69) is 5.32 Å². The van der Waals surface area contributed by atoms with Crippen molar-refractivity contribution in [2.75, 3.05) is 13.7 Å². The summed E-state index contributed by atoms with van der Waals surface area (Å²) in [4.78, 5) is 35.5. The number of nitrogens with one attached hydrogen (secondary N) is 1. The number of benzene rings is 1. The van der Waals surface area contributed by atoms with Crippen molar-refractivity contribution in [1.82, 2.24) is 10.2 Å². The maximum Gasteiger partial charge on any atom is 0.330 e. The monoisotopic (exact) mass is 398 g/mol. The predicted octanol–water partition coefficient (Wildman–Crippen LogP) is 1.13. The first-order valence-electron chi connectivity index (χ1n) is 8.05. The molecule has 26 heavy (non-hydrogen) atoms. The molecule has 3 rings (SSSR count). The number of hydrogen-bond donors (Lipinski definition) is 1. The molecule has 140 valence electrons. The van der Waals surface area contributed by atoms with Crippen LogP contribution >= 0.6 is 23.4 Å². The van der Waals surface area contributed by atoms with Crippen molar-refractivity contribution in [1.29, 1.82) is 0 Å². The lowest BCUT2D eigenvalue weighted by atomic mass is 9.98. The molecule has 7 nitrogen and oxygen atoms in total. The fraction of sp³-hybridized carbons (Fsp3) is 0.471. The van der Waals surface area contributed by atoms with Gasteiger partial charge in [0.2, 0.25) is 12.3 Å². The number of esters is 1. The van der Waals surface area contributed by atoms with Crippen LogP contribution in [0, 0.1) is 0 Å². The van der Waals surface area contributed by atoms with Gasteiger partial charge in [-0.3, -0.25) is 14.4 Å². The summed E-state index contributed by atoms with van der Waals surface area (Å²) in [7, 11) is 1.58. The van der Waals surface area contributed by atoms with E-state index in [0.29, 0.717) is 12.2 Å². The summed E-state index contributed by atoms with van der Waals surface area (Å²) in [6, 6.07) is 6.61. The zero-order chi connectivity index (χ0) is 18.9.